The minimum atomic E-state index is -0.102. The van der Waals surface area contributed by atoms with E-state index in [1.807, 2.05) is 66.7 Å². The Labute approximate surface area is 188 Å². The largest absolute Gasteiger partial charge is 0.457 e. The van der Waals surface area contributed by atoms with Gasteiger partial charge < -0.3 is 4.42 Å². The Morgan fingerprint density at radius 2 is 1.81 bits per heavy atom. The van der Waals surface area contributed by atoms with Crippen LogP contribution in [0.2, 0.25) is 0 Å². The SMILES string of the molecule is O=C1/C(=C/c2ccc(-c3ccc(C4=NN=NC4)cc3)o2)SC(=S)N1Cc1ccccc1. The van der Waals surface area contributed by atoms with E-state index in [1.165, 1.54) is 11.8 Å². The number of nitrogens with zero attached hydrogens (tertiary/aromatic N) is 4. The summed E-state index contributed by atoms with van der Waals surface area (Å²) in [6, 6.07) is 21.4. The lowest BCUT2D eigenvalue weighted by Gasteiger charge is -2.14. The summed E-state index contributed by atoms with van der Waals surface area (Å²) < 4.78 is 6.51. The lowest BCUT2D eigenvalue weighted by molar-refractivity contribution is -0.122. The predicted octanol–water partition coefficient (Wildman–Crippen LogP) is 5.52. The van der Waals surface area contributed by atoms with Gasteiger partial charge in [0, 0.05) is 11.6 Å². The summed E-state index contributed by atoms with van der Waals surface area (Å²) in [5.41, 5.74) is 3.81. The molecule has 2 aliphatic heterocycles. The van der Waals surface area contributed by atoms with Crippen LogP contribution in [0, 0.1) is 0 Å². The van der Waals surface area contributed by atoms with Crippen LogP contribution in [-0.4, -0.2) is 27.4 Å². The molecule has 8 heteroatoms. The minimum Gasteiger partial charge on any atom is -0.457 e. The molecule has 0 radical (unpaired) electrons. The molecule has 0 unspecified atom stereocenters. The molecule has 1 aromatic heterocycles. The number of amides is 1. The average molecular weight is 445 g/mol. The summed E-state index contributed by atoms with van der Waals surface area (Å²) >= 11 is 6.72. The molecule has 0 atom stereocenters. The Hall–Kier alpha value is -3.36. The van der Waals surface area contributed by atoms with Crippen LogP contribution < -0.4 is 0 Å². The molecule has 1 amide bonds. The number of thioether (sulfide) groups is 1. The van der Waals surface area contributed by atoms with Crippen LogP contribution in [0.1, 0.15) is 16.9 Å². The number of hydrogen-bond donors (Lipinski definition) is 0. The van der Waals surface area contributed by atoms with Crippen molar-refractivity contribution in [1.82, 2.24) is 4.90 Å². The zero-order valence-electron chi connectivity index (χ0n) is 16.3. The Bertz CT molecular complexity index is 1240. The molecule has 2 aromatic carbocycles. The fourth-order valence-corrected chi connectivity index (χ4v) is 4.54. The van der Waals surface area contributed by atoms with Crippen molar-refractivity contribution in [2.75, 3.05) is 6.54 Å². The summed E-state index contributed by atoms with van der Waals surface area (Å²) in [6.45, 7) is 0.969. The van der Waals surface area contributed by atoms with Crippen molar-refractivity contribution in [1.29, 1.82) is 0 Å². The van der Waals surface area contributed by atoms with E-state index in [1.54, 1.807) is 11.0 Å². The highest BCUT2D eigenvalue weighted by Crippen LogP contribution is 2.34. The van der Waals surface area contributed by atoms with Crippen LogP contribution in [0.25, 0.3) is 17.4 Å². The van der Waals surface area contributed by atoms with Crippen molar-refractivity contribution < 1.29 is 9.21 Å². The first-order valence-corrected chi connectivity index (χ1v) is 10.8. The molecular formula is C23H16N4O2S2. The second kappa shape index (κ2) is 8.41. The van der Waals surface area contributed by atoms with E-state index < -0.39 is 0 Å². The highest BCUT2D eigenvalue weighted by molar-refractivity contribution is 8.26. The highest BCUT2D eigenvalue weighted by Gasteiger charge is 2.32. The topological polar surface area (TPSA) is 70.5 Å². The maximum atomic E-state index is 12.8. The molecular weight excluding hydrogens is 428 g/mol. The second-order valence-electron chi connectivity index (χ2n) is 6.97. The first-order valence-electron chi connectivity index (χ1n) is 9.61. The van der Waals surface area contributed by atoms with Gasteiger partial charge in [0.2, 0.25) is 0 Å². The maximum absolute atomic E-state index is 12.8. The minimum absolute atomic E-state index is 0.102. The third-order valence-electron chi connectivity index (χ3n) is 4.91. The third-order valence-corrected chi connectivity index (χ3v) is 6.29. The third kappa shape index (κ3) is 4.12. The number of hydrogen-bond acceptors (Lipinski definition) is 7. The fraction of sp³-hybridized carbons (Fsp3) is 0.0870. The van der Waals surface area contributed by atoms with Crippen molar-refractivity contribution in [2.45, 2.75) is 6.54 Å². The summed E-state index contributed by atoms with van der Waals surface area (Å²) in [5.74, 6) is 1.23. The van der Waals surface area contributed by atoms with E-state index in [0.717, 1.165) is 28.2 Å². The van der Waals surface area contributed by atoms with E-state index in [9.17, 15) is 4.79 Å². The molecule has 0 aliphatic carbocycles. The smallest absolute Gasteiger partial charge is 0.266 e. The summed E-state index contributed by atoms with van der Waals surface area (Å²) in [7, 11) is 0. The Balaban J connectivity index is 1.32. The quantitative estimate of drug-likeness (QED) is 0.384. The zero-order valence-corrected chi connectivity index (χ0v) is 17.9. The number of benzene rings is 2. The molecule has 3 heterocycles. The number of carbonyl (C=O) groups excluding carboxylic acids is 1. The van der Waals surface area contributed by atoms with Gasteiger partial charge in [-0.25, -0.2) is 0 Å². The van der Waals surface area contributed by atoms with Gasteiger partial charge in [-0.15, -0.1) is 5.10 Å². The molecule has 5 rings (SSSR count). The maximum Gasteiger partial charge on any atom is 0.266 e. The Morgan fingerprint density at radius 3 is 2.55 bits per heavy atom. The fourth-order valence-electron chi connectivity index (χ4n) is 3.31. The molecule has 2 aliphatic rings. The van der Waals surface area contributed by atoms with Crippen LogP contribution in [0.4, 0.5) is 0 Å². The van der Waals surface area contributed by atoms with Crippen molar-refractivity contribution in [3.63, 3.8) is 0 Å². The van der Waals surface area contributed by atoms with Crippen molar-refractivity contribution >= 4 is 46.0 Å². The summed E-state index contributed by atoms with van der Waals surface area (Å²) in [5, 5.41) is 11.5. The van der Waals surface area contributed by atoms with E-state index in [-0.39, 0.29) is 5.91 Å². The van der Waals surface area contributed by atoms with Crippen LogP contribution in [0.15, 0.2) is 91.5 Å². The molecule has 1 fully saturated rings. The molecule has 3 aromatic rings. The first-order chi connectivity index (χ1) is 15.2. The molecule has 6 nitrogen and oxygen atoms in total. The van der Waals surface area contributed by atoms with Gasteiger partial charge in [0.15, 0.2) is 0 Å². The normalized spacial score (nSPS) is 17.1. The van der Waals surface area contributed by atoms with Gasteiger partial charge >= 0.3 is 0 Å². The number of thiocarbonyl (C=S) groups is 1. The number of carbonyl (C=O) groups is 1. The van der Waals surface area contributed by atoms with Crippen LogP contribution in [0.5, 0.6) is 0 Å². The summed E-state index contributed by atoms with van der Waals surface area (Å²) in [4.78, 5) is 15.0. The molecule has 0 bridgehead atoms. The van der Waals surface area contributed by atoms with Gasteiger partial charge in [-0.2, -0.15) is 5.11 Å². The number of rotatable bonds is 5. The zero-order chi connectivity index (χ0) is 21.2. The van der Waals surface area contributed by atoms with Gasteiger partial charge in [-0.3, -0.25) is 9.69 Å². The Morgan fingerprint density at radius 1 is 1.03 bits per heavy atom. The van der Waals surface area contributed by atoms with E-state index in [0.29, 0.717) is 28.1 Å². The molecule has 1 saturated heterocycles. The van der Waals surface area contributed by atoms with Crippen LogP contribution in [-0.2, 0) is 11.3 Å². The van der Waals surface area contributed by atoms with Gasteiger partial charge in [0.25, 0.3) is 5.91 Å². The van der Waals surface area contributed by atoms with Gasteiger partial charge in [0.1, 0.15) is 22.4 Å². The number of furan rings is 1. The second-order valence-corrected chi connectivity index (χ2v) is 8.64. The lowest BCUT2D eigenvalue weighted by atomic mass is 10.1. The van der Waals surface area contributed by atoms with Gasteiger partial charge in [0.05, 0.1) is 17.2 Å². The molecule has 0 spiro atoms. The standard InChI is InChI=1S/C23H16N4O2S2/c28-22-21(31-23(30)27(22)14-15-4-2-1-3-5-15)12-18-10-11-20(29-18)17-8-6-16(7-9-17)19-13-24-26-25-19/h1-12H,13-14H2/b21-12-. The van der Waals surface area contributed by atoms with E-state index in [2.05, 4.69) is 15.4 Å². The summed E-state index contributed by atoms with van der Waals surface area (Å²) in [6.07, 6.45) is 1.75. The first kappa shape index (κ1) is 19.6. The molecule has 0 N–H and O–H groups in total. The van der Waals surface area contributed by atoms with Gasteiger partial charge in [-0.05, 0) is 28.5 Å². The van der Waals surface area contributed by atoms with Gasteiger partial charge in [-0.1, -0.05) is 78.6 Å². The average Bonchev–Trinajstić information content (AvgIpc) is 3.54. The van der Waals surface area contributed by atoms with Crippen molar-refractivity contribution in [3.8, 4) is 11.3 Å². The molecule has 31 heavy (non-hydrogen) atoms. The monoisotopic (exact) mass is 444 g/mol. The molecule has 152 valence electrons. The van der Waals surface area contributed by atoms with Crippen molar-refractivity contribution in [2.24, 2.45) is 15.4 Å². The van der Waals surface area contributed by atoms with Crippen LogP contribution in [0.3, 0.4) is 0 Å². The van der Waals surface area contributed by atoms with Crippen molar-refractivity contribution in [3.05, 3.63) is 88.5 Å². The molecule has 0 saturated carbocycles. The Kier molecular flexibility index (Phi) is 5.31. The predicted molar refractivity (Wildman–Crippen MR) is 126 cm³/mol. The van der Waals surface area contributed by atoms with E-state index in [4.69, 9.17) is 16.6 Å². The van der Waals surface area contributed by atoms with Crippen LogP contribution >= 0.6 is 24.0 Å². The lowest BCUT2D eigenvalue weighted by Crippen LogP contribution is -2.27. The van der Waals surface area contributed by atoms with E-state index >= 15 is 0 Å². The highest BCUT2D eigenvalue weighted by atomic mass is 32.2.